The summed E-state index contributed by atoms with van der Waals surface area (Å²) in [5, 5.41) is 0. The van der Waals surface area contributed by atoms with Gasteiger partial charge in [0, 0.05) is 0 Å². The van der Waals surface area contributed by atoms with E-state index in [2.05, 4.69) is 170 Å². The van der Waals surface area contributed by atoms with E-state index in [0.717, 1.165) is 76.9 Å². The Bertz CT molecular complexity index is 2710. The maximum absolute atomic E-state index is 2.73. The van der Waals surface area contributed by atoms with Crippen molar-refractivity contribution in [3.8, 4) is 22.3 Å². The summed E-state index contributed by atoms with van der Waals surface area (Å²) in [6, 6.07) is 67.1. The average Bonchev–Trinajstić information content (AvgIpc) is 4.00. The minimum atomic E-state index is 0.499. The predicted molar refractivity (Wildman–Crippen MR) is 279 cm³/mol. The van der Waals surface area contributed by atoms with Crippen LogP contribution in [0.2, 0.25) is 0 Å². The molecule has 344 valence electrons. The summed E-state index contributed by atoms with van der Waals surface area (Å²) in [6.07, 6.45) is 18.0. The van der Waals surface area contributed by atoms with E-state index in [1.165, 1.54) is 60.8 Å². The van der Waals surface area contributed by atoms with Crippen LogP contribution in [0, 0.1) is 94.7 Å². The van der Waals surface area contributed by atoms with Gasteiger partial charge < -0.3 is 0 Å². The molecule has 0 radical (unpaired) electrons. The van der Waals surface area contributed by atoms with Crippen LogP contribution in [-0.2, 0) is 0 Å². The van der Waals surface area contributed by atoms with E-state index in [9.17, 15) is 0 Å². The highest BCUT2D eigenvalue weighted by Gasteiger charge is 2.70. The molecule has 0 aromatic heterocycles. The number of fused-ring (bicyclic) bond motifs is 6. The summed E-state index contributed by atoms with van der Waals surface area (Å²) < 4.78 is 0. The summed E-state index contributed by atoms with van der Waals surface area (Å²) in [4.78, 5) is 0. The Morgan fingerprint density at radius 3 is 1.28 bits per heavy atom. The Balaban J connectivity index is 0.935. The second kappa shape index (κ2) is 16.5. The van der Waals surface area contributed by atoms with Gasteiger partial charge in [0.25, 0.3) is 0 Å². The summed E-state index contributed by atoms with van der Waals surface area (Å²) >= 11 is 0. The molecule has 0 N–H and O–H groups in total. The standard InChI is InChI=1S/C68H72/c1-5-16-41(17-6-1)47-24-15-25-48(38-47)62-59-39-57(43-20-9-3-10-21-43)58(44-22-11-4-12-23-44)40-60(59)65(50-27-14-13-26-49(50)42-18-7-2-8-19-42)68-56-37-35-54-52-33-31-46-29-28-45-30-32-51(63(52)61(45)46)53-34-36-55(67(62)68)66(56)64(53)54/h1-27,38,45-46,51-68H,28-37,39-40H2. The van der Waals surface area contributed by atoms with Crippen LogP contribution in [0.1, 0.15) is 123 Å². The minimum absolute atomic E-state index is 0.499. The van der Waals surface area contributed by atoms with Crippen molar-refractivity contribution < 1.29 is 0 Å². The lowest BCUT2D eigenvalue weighted by molar-refractivity contribution is -0.169. The highest BCUT2D eigenvalue weighted by Crippen LogP contribution is 2.78. The lowest BCUT2D eigenvalue weighted by Crippen LogP contribution is -2.59. The highest BCUT2D eigenvalue weighted by molar-refractivity contribution is 5.69. The van der Waals surface area contributed by atoms with Crippen LogP contribution in [0.15, 0.2) is 170 Å². The second-order valence-electron chi connectivity index (χ2n) is 24.7. The first-order valence-corrected chi connectivity index (χ1v) is 28.2. The quantitative estimate of drug-likeness (QED) is 0.156. The van der Waals surface area contributed by atoms with Crippen LogP contribution in [-0.4, -0.2) is 0 Å². The van der Waals surface area contributed by atoms with Gasteiger partial charge in [0.05, 0.1) is 0 Å². The molecule has 20 atom stereocenters. The van der Waals surface area contributed by atoms with Gasteiger partial charge in [-0.15, -0.1) is 0 Å². The molecule has 15 rings (SSSR count). The molecule has 0 nitrogen and oxygen atoms in total. The van der Waals surface area contributed by atoms with Crippen molar-refractivity contribution in [3.63, 3.8) is 0 Å². The molecule has 0 spiro atoms. The molecule has 0 heteroatoms. The molecule has 6 aromatic rings. The molecular weight excluding hydrogens is 817 g/mol. The van der Waals surface area contributed by atoms with E-state index < -0.39 is 0 Å². The predicted octanol–water partition coefficient (Wildman–Crippen LogP) is 17.1. The van der Waals surface area contributed by atoms with Gasteiger partial charge in [0.1, 0.15) is 0 Å². The van der Waals surface area contributed by atoms with Crippen LogP contribution in [0.3, 0.4) is 0 Å². The van der Waals surface area contributed by atoms with E-state index >= 15 is 0 Å². The van der Waals surface area contributed by atoms with Gasteiger partial charge in [0.15, 0.2) is 0 Å². The van der Waals surface area contributed by atoms with Crippen LogP contribution in [0.4, 0.5) is 0 Å². The fourth-order valence-corrected chi connectivity index (χ4v) is 21.3. The van der Waals surface area contributed by atoms with E-state index in [0.29, 0.717) is 41.4 Å². The molecule has 0 heterocycles. The molecule has 9 saturated carbocycles. The van der Waals surface area contributed by atoms with Crippen LogP contribution in [0.5, 0.6) is 0 Å². The molecule has 0 amide bonds. The summed E-state index contributed by atoms with van der Waals surface area (Å²) in [5.74, 6) is 16.7. The topological polar surface area (TPSA) is 0 Å². The molecule has 20 unspecified atom stereocenters. The lowest BCUT2D eigenvalue weighted by atomic mass is 9.40. The van der Waals surface area contributed by atoms with Crippen molar-refractivity contribution in [1.82, 2.24) is 0 Å². The van der Waals surface area contributed by atoms with Gasteiger partial charge in [-0.1, -0.05) is 170 Å². The zero-order valence-electron chi connectivity index (χ0n) is 40.2. The van der Waals surface area contributed by atoms with Crippen molar-refractivity contribution in [2.45, 2.75) is 101 Å². The van der Waals surface area contributed by atoms with Crippen molar-refractivity contribution in [1.29, 1.82) is 0 Å². The Morgan fingerprint density at radius 1 is 0.265 bits per heavy atom. The van der Waals surface area contributed by atoms with Crippen molar-refractivity contribution in [3.05, 3.63) is 192 Å². The van der Waals surface area contributed by atoms with Gasteiger partial charge in [-0.05, 0) is 240 Å². The Hall–Kier alpha value is -4.68. The summed E-state index contributed by atoms with van der Waals surface area (Å²) in [5.41, 5.74) is 12.2. The van der Waals surface area contributed by atoms with Crippen LogP contribution in [0.25, 0.3) is 22.3 Å². The maximum Gasteiger partial charge on any atom is -0.00900 e. The normalized spacial score (nSPS) is 41.4. The van der Waals surface area contributed by atoms with Gasteiger partial charge >= 0.3 is 0 Å². The van der Waals surface area contributed by atoms with E-state index in [1.54, 1.807) is 60.8 Å². The molecule has 6 aromatic carbocycles. The molecule has 0 aliphatic heterocycles. The number of benzene rings is 6. The monoisotopic (exact) mass is 889 g/mol. The number of hydrogen-bond acceptors (Lipinski definition) is 0. The van der Waals surface area contributed by atoms with Crippen molar-refractivity contribution >= 4 is 0 Å². The largest absolute Gasteiger partial charge is 0.0622 e. The smallest absolute Gasteiger partial charge is 0.00900 e. The molecule has 9 aliphatic rings. The molecule has 0 saturated heterocycles. The Labute approximate surface area is 407 Å². The van der Waals surface area contributed by atoms with Crippen molar-refractivity contribution in [2.75, 3.05) is 0 Å². The SMILES string of the molecule is c1ccc(-c2cccc(C3C4CC(c5ccccc5)C(c5ccccc5)CC4C(c4ccccc4-c4ccccc4)C4C5CCC6C7CCC8CCC9CCC(C%10CCC(C5C%106)C34)C7C98)c2)cc1. The zero-order chi connectivity index (χ0) is 44.5. The van der Waals surface area contributed by atoms with Crippen LogP contribution >= 0.6 is 0 Å². The van der Waals surface area contributed by atoms with Crippen molar-refractivity contribution in [2.24, 2.45) is 94.7 Å². The third-order valence-corrected chi connectivity index (χ3v) is 22.9. The summed E-state index contributed by atoms with van der Waals surface area (Å²) in [7, 11) is 0. The van der Waals surface area contributed by atoms with Gasteiger partial charge in [-0.25, -0.2) is 0 Å². The molecule has 9 aliphatic carbocycles. The van der Waals surface area contributed by atoms with E-state index in [4.69, 9.17) is 0 Å². The average molecular weight is 889 g/mol. The number of hydrogen-bond donors (Lipinski definition) is 0. The van der Waals surface area contributed by atoms with E-state index in [1.807, 2.05) is 0 Å². The van der Waals surface area contributed by atoms with Gasteiger partial charge in [-0.3, -0.25) is 0 Å². The highest BCUT2D eigenvalue weighted by atomic mass is 14.7. The van der Waals surface area contributed by atoms with Crippen LogP contribution < -0.4 is 0 Å². The Morgan fingerprint density at radius 2 is 0.676 bits per heavy atom. The first-order valence-electron chi connectivity index (χ1n) is 28.2. The molecule has 9 fully saturated rings. The summed E-state index contributed by atoms with van der Waals surface area (Å²) in [6.45, 7) is 0. The van der Waals surface area contributed by atoms with E-state index in [-0.39, 0.29) is 0 Å². The minimum Gasteiger partial charge on any atom is -0.0622 e. The fourth-order valence-electron chi connectivity index (χ4n) is 21.3. The molecular formula is C68H72. The number of rotatable bonds is 6. The molecule has 68 heavy (non-hydrogen) atoms. The van der Waals surface area contributed by atoms with Gasteiger partial charge in [0.2, 0.25) is 0 Å². The maximum atomic E-state index is 2.73. The lowest BCUT2D eigenvalue weighted by Gasteiger charge is -2.65. The first-order chi connectivity index (χ1) is 33.8. The Kier molecular flexibility index (Phi) is 9.96. The zero-order valence-corrected chi connectivity index (χ0v) is 40.2. The van der Waals surface area contributed by atoms with Gasteiger partial charge in [-0.2, -0.15) is 0 Å². The first kappa shape index (κ1) is 41.1. The fraction of sp³-hybridized carbons (Fsp3) is 0.471. The third-order valence-electron chi connectivity index (χ3n) is 22.9. The second-order valence-corrected chi connectivity index (χ2v) is 24.7. The third kappa shape index (κ3) is 6.22. The molecule has 0 bridgehead atoms.